The number of amides is 2. The summed E-state index contributed by atoms with van der Waals surface area (Å²) >= 11 is 1.49. The van der Waals surface area contributed by atoms with Gasteiger partial charge in [0.15, 0.2) is 0 Å². The number of aliphatic hydroxyl groups excluding tert-OH is 1. The van der Waals surface area contributed by atoms with Crippen LogP contribution in [0.25, 0.3) is 0 Å². The lowest BCUT2D eigenvalue weighted by Crippen LogP contribution is -2.28. The van der Waals surface area contributed by atoms with Gasteiger partial charge in [0.2, 0.25) is 0 Å². The number of rotatable bonds is 2. The molecule has 0 atom stereocenters. The van der Waals surface area contributed by atoms with Gasteiger partial charge in [0.05, 0.1) is 6.54 Å². The van der Waals surface area contributed by atoms with Crippen LogP contribution in [0.3, 0.4) is 0 Å². The van der Waals surface area contributed by atoms with Gasteiger partial charge in [-0.2, -0.15) is 0 Å². The van der Waals surface area contributed by atoms with Gasteiger partial charge in [0.1, 0.15) is 6.61 Å². The third-order valence-electron chi connectivity index (χ3n) is 1.47. The Morgan fingerprint density at radius 1 is 1.71 bits per heavy atom. The van der Waals surface area contributed by atoms with Crippen LogP contribution in [0, 0.1) is 11.8 Å². The molecule has 1 aromatic rings. The van der Waals surface area contributed by atoms with Crippen LogP contribution >= 0.6 is 11.3 Å². The van der Waals surface area contributed by atoms with Crippen LogP contribution in [-0.4, -0.2) is 17.7 Å². The fraction of sp³-hybridized carbons (Fsp3) is 0.222. The minimum atomic E-state index is -0.556. The first-order valence-electron chi connectivity index (χ1n) is 3.93. The Hall–Kier alpha value is -1.51. The van der Waals surface area contributed by atoms with Gasteiger partial charge in [-0.05, 0) is 11.4 Å². The minimum Gasteiger partial charge on any atom is -0.384 e. The molecular weight excluding hydrogens is 200 g/mol. The van der Waals surface area contributed by atoms with Gasteiger partial charge in [0, 0.05) is 10.4 Å². The van der Waals surface area contributed by atoms with Crippen molar-refractivity contribution in [2.75, 3.05) is 6.61 Å². The molecule has 0 fully saturated rings. The summed E-state index contributed by atoms with van der Waals surface area (Å²) in [4.78, 5) is 11.4. The molecule has 1 aromatic heterocycles. The second-order valence-electron chi connectivity index (χ2n) is 2.44. The van der Waals surface area contributed by atoms with E-state index in [2.05, 4.69) is 17.2 Å². The van der Waals surface area contributed by atoms with Crippen LogP contribution in [0.15, 0.2) is 11.4 Å². The van der Waals surface area contributed by atoms with Crippen molar-refractivity contribution in [1.29, 1.82) is 0 Å². The van der Waals surface area contributed by atoms with Crippen LogP contribution in [-0.2, 0) is 6.54 Å². The number of aliphatic hydroxyl groups is 1. The van der Waals surface area contributed by atoms with E-state index in [0.29, 0.717) is 6.54 Å². The number of carbonyl (C=O) groups is 1. The summed E-state index contributed by atoms with van der Waals surface area (Å²) in [7, 11) is 0. The molecule has 0 saturated heterocycles. The Labute approximate surface area is 85.7 Å². The zero-order valence-corrected chi connectivity index (χ0v) is 8.23. The van der Waals surface area contributed by atoms with E-state index in [4.69, 9.17) is 10.8 Å². The predicted octanol–water partition coefficient (Wildman–Crippen LogP) is 0.260. The van der Waals surface area contributed by atoms with E-state index in [1.54, 1.807) is 0 Å². The predicted molar refractivity (Wildman–Crippen MR) is 54.7 cm³/mol. The Morgan fingerprint density at radius 3 is 3.14 bits per heavy atom. The minimum absolute atomic E-state index is 0.168. The van der Waals surface area contributed by atoms with E-state index in [1.807, 2.05) is 11.4 Å². The molecule has 0 radical (unpaired) electrons. The topological polar surface area (TPSA) is 75.4 Å². The largest absolute Gasteiger partial charge is 0.384 e. The monoisotopic (exact) mass is 210 g/mol. The first kappa shape index (κ1) is 10.6. The lowest BCUT2D eigenvalue weighted by molar-refractivity contribution is 0.248. The molecule has 74 valence electrons. The smallest absolute Gasteiger partial charge is 0.312 e. The molecule has 4 nitrogen and oxygen atoms in total. The van der Waals surface area contributed by atoms with Crippen molar-refractivity contribution in [3.8, 4) is 11.8 Å². The fourth-order valence-electron chi connectivity index (χ4n) is 0.891. The summed E-state index contributed by atoms with van der Waals surface area (Å²) in [5.41, 5.74) is 5.76. The highest BCUT2D eigenvalue weighted by Gasteiger charge is 2.01. The average Bonchev–Trinajstić information content (AvgIpc) is 2.58. The normalized spacial score (nSPS) is 8.93. The van der Waals surface area contributed by atoms with E-state index in [1.165, 1.54) is 11.3 Å². The lowest BCUT2D eigenvalue weighted by atomic mass is 10.2. The summed E-state index contributed by atoms with van der Waals surface area (Å²) in [6.45, 7) is 0.209. The third-order valence-corrected chi connectivity index (χ3v) is 2.39. The molecule has 0 aromatic carbocycles. The highest BCUT2D eigenvalue weighted by molar-refractivity contribution is 7.10. The van der Waals surface area contributed by atoms with E-state index in [-0.39, 0.29) is 6.61 Å². The second kappa shape index (κ2) is 5.27. The number of hydrogen-bond acceptors (Lipinski definition) is 3. The van der Waals surface area contributed by atoms with Crippen LogP contribution in [0.2, 0.25) is 0 Å². The van der Waals surface area contributed by atoms with Gasteiger partial charge < -0.3 is 16.2 Å². The van der Waals surface area contributed by atoms with Crippen molar-refractivity contribution < 1.29 is 9.90 Å². The van der Waals surface area contributed by atoms with Crippen LogP contribution < -0.4 is 11.1 Å². The van der Waals surface area contributed by atoms with Crippen molar-refractivity contribution in [2.24, 2.45) is 5.73 Å². The number of nitrogens with two attached hydrogens (primary N) is 1. The summed E-state index contributed by atoms with van der Waals surface area (Å²) < 4.78 is 0. The summed E-state index contributed by atoms with van der Waals surface area (Å²) in [5.74, 6) is 5.33. The van der Waals surface area contributed by atoms with Crippen molar-refractivity contribution in [3.05, 3.63) is 21.9 Å². The molecule has 2 amide bonds. The summed E-state index contributed by atoms with van der Waals surface area (Å²) in [6, 6.07) is 1.28. The average molecular weight is 210 g/mol. The van der Waals surface area contributed by atoms with Gasteiger partial charge in [-0.1, -0.05) is 11.8 Å². The molecule has 0 bridgehead atoms. The number of thiophene rings is 1. The maximum absolute atomic E-state index is 10.5. The molecule has 1 heterocycles. The zero-order chi connectivity index (χ0) is 10.4. The van der Waals surface area contributed by atoms with Crippen molar-refractivity contribution in [1.82, 2.24) is 5.32 Å². The van der Waals surface area contributed by atoms with Crippen molar-refractivity contribution in [3.63, 3.8) is 0 Å². The van der Waals surface area contributed by atoms with Crippen molar-refractivity contribution in [2.45, 2.75) is 6.54 Å². The van der Waals surface area contributed by atoms with Gasteiger partial charge in [-0.15, -0.1) is 11.3 Å². The number of carbonyl (C=O) groups excluding carboxylic acids is 1. The standard InChI is InChI=1S/C9H10N2O2S/c10-9(13)11-6-8-7(2-1-4-12)3-5-14-8/h3,5,12H,4,6H2,(H3,10,11,13). The molecule has 5 heteroatoms. The highest BCUT2D eigenvalue weighted by Crippen LogP contribution is 2.15. The van der Waals surface area contributed by atoms with E-state index < -0.39 is 6.03 Å². The zero-order valence-electron chi connectivity index (χ0n) is 7.41. The van der Waals surface area contributed by atoms with E-state index in [0.717, 1.165) is 10.4 Å². The molecule has 0 saturated carbocycles. The first-order valence-corrected chi connectivity index (χ1v) is 4.81. The van der Waals surface area contributed by atoms with Gasteiger partial charge in [-0.25, -0.2) is 4.79 Å². The molecular formula is C9H10N2O2S. The Kier molecular flexibility index (Phi) is 3.98. The van der Waals surface area contributed by atoms with Crippen LogP contribution in [0.4, 0.5) is 4.79 Å². The maximum atomic E-state index is 10.5. The van der Waals surface area contributed by atoms with Gasteiger partial charge in [0.25, 0.3) is 0 Å². The molecule has 0 spiro atoms. The first-order chi connectivity index (χ1) is 6.74. The van der Waals surface area contributed by atoms with Gasteiger partial charge in [-0.3, -0.25) is 0 Å². The molecule has 14 heavy (non-hydrogen) atoms. The van der Waals surface area contributed by atoms with Crippen LogP contribution in [0.1, 0.15) is 10.4 Å². The molecule has 0 aliphatic heterocycles. The number of primary amides is 1. The van der Waals surface area contributed by atoms with E-state index in [9.17, 15) is 4.79 Å². The Balaban J connectivity index is 2.67. The molecule has 1 rings (SSSR count). The quantitative estimate of drug-likeness (QED) is 0.612. The molecule has 0 aliphatic rings. The molecule has 0 aliphatic carbocycles. The number of urea groups is 1. The summed E-state index contributed by atoms with van der Waals surface area (Å²) in [6.07, 6.45) is 0. The second-order valence-corrected chi connectivity index (χ2v) is 3.44. The van der Waals surface area contributed by atoms with Crippen molar-refractivity contribution >= 4 is 17.4 Å². The number of nitrogens with one attached hydrogen (secondary N) is 1. The summed E-state index contributed by atoms with van der Waals surface area (Å²) in [5, 5.41) is 12.9. The molecule has 0 unspecified atom stereocenters. The third kappa shape index (κ3) is 3.09. The Morgan fingerprint density at radius 2 is 2.50 bits per heavy atom. The SMILES string of the molecule is NC(=O)NCc1sccc1C#CCO. The molecule has 4 N–H and O–H groups in total. The number of hydrogen-bond donors (Lipinski definition) is 3. The van der Waals surface area contributed by atoms with Gasteiger partial charge >= 0.3 is 6.03 Å². The van der Waals surface area contributed by atoms with E-state index >= 15 is 0 Å². The fourth-order valence-corrected chi connectivity index (χ4v) is 1.66. The maximum Gasteiger partial charge on any atom is 0.312 e. The Bertz CT molecular complexity index is 376. The lowest BCUT2D eigenvalue weighted by Gasteiger charge is -1.98. The van der Waals surface area contributed by atoms with Crippen LogP contribution in [0.5, 0.6) is 0 Å². The highest BCUT2D eigenvalue weighted by atomic mass is 32.1.